The summed E-state index contributed by atoms with van der Waals surface area (Å²) in [7, 11) is 3.98. The average Bonchev–Trinajstić information content (AvgIpc) is 2.99. The zero-order valence-corrected chi connectivity index (χ0v) is 14.8. The standard InChI is InChI=1S/C19H21N3OS/c1-22(2)10-9-20-19(23)11-14-7-8-16(21-13-14)18-12-15-5-3-4-6-17(15)24-18/h3-8,12-13H,9-11H2,1-2H3,(H,20,23). The summed E-state index contributed by atoms with van der Waals surface area (Å²) in [6.07, 6.45) is 2.17. The molecule has 0 spiro atoms. The van der Waals surface area contributed by atoms with Crippen LogP contribution in [0.3, 0.4) is 0 Å². The number of benzene rings is 1. The molecule has 0 radical (unpaired) electrons. The fraction of sp³-hybridized carbons (Fsp3) is 0.263. The highest BCUT2D eigenvalue weighted by Gasteiger charge is 2.07. The number of amides is 1. The van der Waals surface area contributed by atoms with Crippen LogP contribution in [-0.4, -0.2) is 43.0 Å². The van der Waals surface area contributed by atoms with E-state index in [1.165, 1.54) is 10.1 Å². The lowest BCUT2D eigenvalue weighted by Crippen LogP contribution is -2.32. The molecule has 0 aliphatic heterocycles. The van der Waals surface area contributed by atoms with Gasteiger partial charge in [0.1, 0.15) is 0 Å². The van der Waals surface area contributed by atoms with Crippen molar-refractivity contribution in [2.45, 2.75) is 6.42 Å². The minimum atomic E-state index is 0.0354. The number of nitrogens with one attached hydrogen (secondary N) is 1. The average molecular weight is 339 g/mol. The Hall–Kier alpha value is -2.24. The largest absolute Gasteiger partial charge is 0.355 e. The molecular weight excluding hydrogens is 318 g/mol. The van der Waals surface area contributed by atoms with Crippen LogP contribution in [0.25, 0.3) is 20.7 Å². The highest BCUT2D eigenvalue weighted by atomic mass is 32.1. The number of carbonyl (C=O) groups excluding carboxylic acids is 1. The number of rotatable bonds is 6. The highest BCUT2D eigenvalue weighted by Crippen LogP contribution is 2.32. The van der Waals surface area contributed by atoms with Gasteiger partial charge in [0.25, 0.3) is 0 Å². The van der Waals surface area contributed by atoms with Crippen molar-refractivity contribution in [3.8, 4) is 10.6 Å². The third-order valence-electron chi connectivity index (χ3n) is 3.75. The van der Waals surface area contributed by atoms with E-state index in [2.05, 4.69) is 28.5 Å². The fourth-order valence-electron chi connectivity index (χ4n) is 2.45. The van der Waals surface area contributed by atoms with Gasteiger partial charge in [0.05, 0.1) is 17.0 Å². The number of hydrogen-bond donors (Lipinski definition) is 1. The van der Waals surface area contributed by atoms with Crippen molar-refractivity contribution < 1.29 is 4.79 Å². The molecule has 3 rings (SSSR count). The number of aromatic nitrogens is 1. The zero-order valence-electron chi connectivity index (χ0n) is 14.0. The lowest BCUT2D eigenvalue weighted by Gasteiger charge is -2.10. The molecule has 0 bridgehead atoms. The monoisotopic (exact) mass is 339 g/mol. The second-order valence-electron chi connectivity index (χ2n) is 6.03. The molecule has 1 N–H and O–H groups in total. The SMILES string of the molecule is CN(C)CCNC(=O)Cc1ccc(-c2cc3ccccc3s2)nc1. The summed E-state index contributed by atoms with van der Waals surface area (Å²) in [6, 6.07) is 14.5. The molecule has 1 aromatic carbocycles. The van der Waals surface area contributed by atoms with Crippen LogP contribution in [0.4, 0.5) is 0 Å². The number of hydrogen-bond acceptors (Lipinski definition) is 4. The van der Waals surface area contributed by atoms with Crippen molar-refractivity contribution in [1.29, 1.82) is 0 Å². The van der Waals surface area contributed by atoms with Gasteiger partial charge in [-0.15, -0.1) is 11.3 Å². The summed E-state index contributed by atoms with van der Waals surface area (Å²) >= 11 is 1.74. The quantitative estimate of drug-likeness (QED) is 0.750. The Kier molecular flexibility index (Phi) is 5.23. The molecular formula is C19H21N3OS. The van der Waals surface area contributed by atoms with E-state index in [4.69, 9.17) is 0 Å². The lowest BCUT2D eigenvalue weighted by atomic mass is 10.1. The molecule has 2 aromatic heterocycles. The Morgan fingerprint density at radius 3 is 2.75 bits per heavy atom. The predicted molar refractivity (Wildman–Crippen MR) is 100 cm³/mol. The smallest absolute Gasteiger partial charge is 0.224 e. The van der Waals surface area contributed by atoms with E-state index in [-0.39, 0.29) is 5.91 Å². The van der Waals surface area contributed by atoms with Crippen LogP contribution in [0.5, 0.6) is 0 Å². The topological polar surface area (TPSA) is 45.2 Å². The Bertz CT molecular complexity index is 791. The van der Waals surface area contributed by atoms with Crippen LogP contribution in [0.2, 0.25) is 0 Å². The van der Waals surface area contributed by atoms with Crippen LogP contribution in [0.1, 0.15) is 5.56 Å². The molecule has 2 heterocycles. The van der Waals surface area contributed by atoms with Crippen molar-refractivity contribution >= 4 is 27.3 Å². The first-order chi connectivity index (χ1) is 11.6. The van der Waals surface area contributed by atoms with Gasteiger partial charge < -0.3 is 10.2 Å². The van der Waals surface area contributed by atoms with Gasteiger partial charge in [-0.3, -0.25) is 9.78 Å². The minimum Gasteiger partial charge on any atom is -0.355 e. The number of likely N-dealkylation sites (N-methyl/N-ethyl adjacent to an activating group) is 1. The van der Waals surface area contributed by atoms with Crippen molar-refractivity contribution in [1.82, 2.24) is 15.2 Å². The molecule has 0 saturated heterocycles. The third kappa shape index (κ3) is 4.19. The van der Waals surface area contributed by atoms with Crippen LogP contribution in [0.15, 0.2) is 48.7 Å². The molecule has 0 fully saturated rings. The molecule has 124 valence electrons. The van der Waals surface area contributed by atoms with Crippen LogP contribution >= 0.6 is 11.3 Å². The first-order valence-corrected chi connectivity index (χ1v) is 8.79. The first kappa shape index (κ1) is 16.6. The Morgan fingerprint density at radius 1 is 1.21 bits per heavy atom. The number of carbonyl (C=O) groups is 1. The van der Waals surface area contributed by atoms with E-state index in [0.29, 0.717) is 13.0 Å². The zero-order chi connectivity index (χ0) is 16.9. The lowest BCUT2D eigenvalue weighted by molar-refractivity contribution is -0.120. The summed E-state index contributed by atoms with van der Waals surface area (Å²) in [6.45, 7) is 1.51. The molecule has 1 amide bonds. The van der Waals surface area contributed by atoms with Crippen LogP contribution in [-0.2, 0) is 11.2 Å². The Labute approximate surface area is 146 Å². The second kappa shape index (κ2) is 7.55. The van der Waals surface area contributed by atoms with E-state index in [9.17, 15) is 4.79 Å². The van der Waals surface area contributed by atoms with Crippen molar-refractivity contribution in [3.63, 3.8) is 0 Å². The fourth-order valence-corrected chi connectivity index (χ4v) is 3.49. The highest BCUT2D eigenvalue weighted by molar-refractivity contribution is 7.22. The Morgan fingerprint density at radius 2 is 2.04 bits per heavy atom. The number of nitrogens with zero attached hydrogens (tertiary/aromatic N) is 2. The summed E-state index contributed by atoms with van der Waals surface area (Å²) in [5, 5.41) is 4.16. The molecule has 0 saturated carbocycles. The van der Waals surface area contributed by atoms with Crippen molar-refractivity contribution in [3.05, 3.63) is 54.2 Å². The second-order valence-corrected chi connectivity index (χ2v) is 7.11. The number of thiophene rings is 1. The van der Waals surface area contributed by atoms with Crippen molar-refractivity contribution in [2.75, 3.05) is 27.2 Å². The van der Waals surface area contributed by atoms with Gasteiger partial charge in [-0.05, 0) is 43.2 Å². The molecule has 5 heteroatoms. The molecule has 4 nitrogen and oxygen atoms in total. The van der Waals surface area contributed by atoms with E-state index < -0.39 is 0 Å². The van der Waals surface area contributed by atoms with Crippen molar-refractivity contribution in [2.24, 2.45) is 0 Å². The maximum atomic E-state index is 11.9. The first-order valence-electron chi connectivity index (χ1n) is 7.97. The van der Waals surface area contributed by atoms with E-state index in [0.717, 1.165) is 22.7 Å². The Balaban J connectivity index is 1.63. The van der Waals surface area contributed by atoms with Gasteiger partial charge in [0.15, 0.2) is 0 Å². The van der Waals surface area contributed by atoms with E-state index in [1.807, 2.05) is 43.3 Å². The van der Waals surface area contributed by atoms with Gasteiger partial charge >= 0.3 is 0 Å². The minimum absolute atomic E-state index is 0.0354. The molecule has 24 heavy (non-hydrogen) atoms. The van der Waals surface area contributed by atoms with Gasteiger partial charge in [-0.2, -0.15) is 0 Å². The normalized spacial score (nSPS) is 11.1. The van der Waals surface area contributed by atoms with Gasteiger partial charge in [-0.25, -0.2) is 0 Å². The summed E-state index contributed by atoms with van der Waals surface area (Å²) in [5.41, 5.74) is 1.88. The predicted octanol–water partition coefficient (Wildman–Crippen LogP) is 3.18. The third-order valence-corrected chi connectivity index (χ3v) is 4.89. The summed E-state index contributed by atoms with van der Waals surface area (Å²) in [4.78, 5) is 19.6. The number of pyridine rings is 1. The molecule has 0 aliphatic rings. The van der Waals surface area contributed by atoms with Gasteiger partial charge in [0.2, 0.25) is 5.91 Å². The van der Waals surface area contributed by atoms with Gasteiger partial charge in [-0.1, -0.05) is 24.3 Å². The number of fused-ring (bicyclic) bond motifs is 1. The van der Waals surface area contributed by atoms with E-state index in [1.54, 1.807) is 17.5 Å². The maximum Gasteiger partial charge on any atom is 0.224 e. The van der Waals surface area contributed by atoms with Crippen LogP contribution < -0.4 is 5.32 Å². The summed E-state index contributed by atoms with van der Waals surface area (Å²) < 4.78 is 1.26. The summed E-state index contributed by atoms with van der Waals surface area (Å²) in [5.74, 6) is 0.0354. The molecule has 0 atom stereocenters. The molecule has 3 aromatic rings. The van der Waals surface area contributed by atoms with Gasteiger partial charge in [0, 0.05) is 24.0 Å². The maximum absolute atomic E-state index is 11.9. The molecule has 0 aliphatic carbocycles. The van der Waals surface area contributed by atoms with Crippen LogP contribution in [0, 0.1) is 0 Å². The molecule has 0 unspecified atom stereocenters. The van der Waals surface area contributed by atoms with E-state index >= 15 is 0 Å².